The van der Waals surface area contributed by atoms with E-state index in [1.54, 1.807) is 11.3 Å². The number of rotatable bonds is 3. The van der Waals surface area contributed by atoms with Gasteiger partial charge in [-0.15, -0.1) is 11.3 Å². The van der Waals surface area contributed by atoms with Crippen molar-refractivity contribution in [3.63, 3.8) is 0 Å². The van der Waals surface area contributed by atoms with Crippen LogP contribution in [0.4, 0.5) is 10.8 Å². The molecule has 0 aromatic carbocycles. The van der Waals surface area contributed by atoms with E-state index in [0.717, 1.165) is 47.5 Å². The second-order valence-corrected chi connectivity index (χ2v) is 8.38. The van der Waals surface area contributed by atoms with E-state index in [1.165, 1.54) is 24.8 Å². The highest BCUT2D eigenvalue weighted by Crippen LogP contribution is 2.37. The lowest BCUT2D eigenvalue weighted by Gasteiger charge is -2.12. The number of aromatic nitrogens is 1. The Bertz CT molecular complexity index is 841. The van der Waals surface area contributed by atoms with Crippen LogP contribution in [0.25, 0.3) is 0 Å². The standard InChI is InChI=1S/C20H25N3O2S2/c1-12-10-13(2)21-16(11-12)22-20(26)23-18-17(19(24)25-3)14-8-6-4-5-7-9-15(14)27-18/h10-11H,4-9H2,1-3H3,(H2,21,22,23,26). The zero-order valence-corrected chi connectivity index (χ0v) is 17.6. The van der Waals surface area contributed by atoms with E-state index in [0.29, 0.717) is 16.5 Å². The Kier molecular flexibility index (Phi) is 6.44. The summed E-state index contributed by atoms with van der Waals surface area (Å²) in [6.45, 7) is 3.97. The van der Waals surface area contributed by atoms with Gasteiger partial charge in [-0.05, 0) is 75.0 Å². The number of hydrogen-bond acceptors (Lipinski definition) is 5. The quantitative estimate of drug-likeness (QED) is 0.554. The number of nitrogens with one attached hydrogen (secondary N) is 2. The molecule has 2 aromatic rings. The van der Waals surface area contributed by atoms with Gasteiger partial charge in [-0.2, -0.15) is 0 Å². The molecule has 5 nitrogen and oxygen atoms in total. The number of thiocarbonyl (C=S) groups is 1. The van der Waals surface area contributed by atoms with E-state index in [4.69, 9.17) is 17.0 Å². The van der Waals surface area contributed by atoms with Gasteiger partial charge in [0.05, 0.1) is 12.7 Å². The first-order valence-electron chi connectivity index (χ1n) is 9.24. The van der Waals surface area contributed by atoms with Crippen LogP contribution in [-0.4, -0.2) is 23.2 Å². The van der Waals surface area contributed by atoms with Crippen LogP contribution in [0, 0.1) is 13.8 Å². The van der Waals surface area contributed by atoms with Crippen LogP contribution in [0.2, 0.25) is 0 Å². The summed E-state index contributed by atoms with van der Waals surface area (Å²) in [6, 6.07) is 3.95. The third-order valence-electron chi connectivity index (χ3n) is 4.63. The SMILES string of the molecule is COC(=O)c1c(NC(=S)Nc2cc(C)cc(C)n2)sc2c1CCCCCC2. The van der Waals surface area contributed by atoms with Crippen LogP contribution in [0.1, 0.15) is 57.7 Å². The summed E-state index contributed by atoms with van der Waals surface area (Å²) in [5.41, 5.74) is 3.80. The van der Waals surface area contributed by atoms with E-state index < -0.39 is 0 Å². The topological polar surface area (TPSA) is 63.2 Å². The predicted octanol–water partition coefficient (Wildman–Crippen LogP) is 5.01. The van der Waals surface area contributed by atoms with Gasteiger partial charge in [0.15, 0.2) is 5.11 Å². The lowest BCUT2D eigenvalue weighted by Crippen LogP contribution is -2.21. The molecule has 0 bridgehead atoms. The van der Waals surface area contributed by atoms with Gasteiger partial charge in [-0.1, -0.05) is 12.8 Å². The summed E-state index contributed by atoms with van der Waals surface area (Å²) in [5, 5.41) is 7.52. The predicted molar refractivity (Wildman–Crippen MR) is 115 cm³/mol. The number of fused-ring (bicyclic) bond motifs is 1. The molecule has 0 spiro atoms. The third-order valence-corrected chi connectivity index (χ3v) is 6.04. The van der Waals surface area contributed by atoms with Crippen molar-refractivity contribution < 1.29 is 9.53 Å². The molecular weight excluding hydrogens is 378 g/mol. The summed E-state index contributed by atoms with van der Waals surface area (Å²) in [5.74, 6) is 0.391. The number of aryl methyl sites for hydroxylation is 3. The molecule has 0 saturated carbocycles. The van der Waals surface area contributed by atoms with Gasteiger partial charge in [0, 0.05) is 10.6 Å². The van der Waals surface area contributed by atoms with E-state index in [-0.39, 0.29) is 5.97 Å². The summed E-state index contributed by atoms with van der Waals surface area (Å²) in [7, 11) is 1.43. The highest BCUT2D eigenvalue weighted by atomic mass is 32.1. The second kappa shape index (κ2) is 8.80. The molecule has 0 unspecified atom stereocenters. The van der Waals surface area contributed by atoms with Crippen LogP contribution in [0.3, 0.4) is 0 Å². The Balaban J connectivity index is 1.85. The van der Waals surface area contributed by atoms with Gasteiger partial charge in [0.2, 0.25) is 0 Å². The molecule has 27 heavy (non-hydrogen) atoms. The van der Waals surface area contributed by atoms with Crippen molar-refractivity contribution in [1.82, 2.24) is 4.98 Å². The number of nitrogens with zero attached hydrogens (tertiary/aromatic N) is 1. The molecule has 144 valence electrons. The number of anilines is 2. The normalized spacial score (nSPS) is 13.9. The fourth-order valence-electron chi connectivity index (χ4n) is 3.48. The third kappa shape index (κ3) is 4.84. The van der Waals surface area contributed by atoms with E-state index >= 15 is 0 Å². The highest BCUT2D eigenvalue weighted by Gasteiger charge is 2.25. The van der Waals surface area contributed by atoms with E-state index in [1.807, 2.05) is 26.0 Å². The number of methoxy groups -OCH3 is 1. The largest absolute Gasteiger partial charge is 0.465 e. The maximum absolute atomic E-state index is 12.5. The van der Waals surface area contributed by atoms with Crippen molar-refractivity contribution in [2.75, 3.05) is 17.7 Å². The van der Waals surface area contributed by atoms with Crippen LogP contribution in [0.15, 0.2) is 12.1 Å². The molecule has 1 aliphatic rings. The Labute approximate surface area is 169 Å². The maximum atomic E-state index is 12.5. The molecule has 0 radical (unpaired) electrons. The molecule has 0 fully saturated rings. The molecule has 3 rings (SSSR count). The van der Waals surface area contributed by atoms with Crippen LogP contribution in [-0.2, 0) is 17.6 Å². The Morgan fingerprint density at radius 1 is 1.15 bits per heavy atom. The molecule has 0 aliphatic heterocycles. The number of hydrogen-bond donors (Lipinski definition) is 2. The van der Waals surface area contributed by atoms with E-state index in [9.17, 15) is 4.79 Å². The number of ether oxygens (including phenoxy) is 1. The Morgan fingerprint density at radius 2 is 1.89 bits per heavy atom. The molecule has 0 atom stereocenters. The number of esters is 1. The van der Waals surface area contributed by atoms with Gasteiger partial charge >= 0.3 is 5.97 Å². The Hall–Kier alpha value is -1.99. The lowest BCUT2D eigenvalue weighted by atomic mass is 9.96. The fourth-order valence-corrected chi connectivity index (χ4v) is 5.03. The first kappa shape index (κ1) is 19.8. The second-order valence-electron chi connectivity index (χ2n) is 6.86. The average Bonchev–Trinajstić information content (AvgIpc) is 2.89. The molecule has 0 amide bonds. The first-order chi connectivity index (χ1) is 13.0. The monoisotopic (exact) mass is 403 g/mol. The van der Waals surface area contributed by atoms with Crippen molar-refractivity contribution in [1.29, 1.82) is 0 Å². The Morgan fingerprint density at radius 3 is 2.59 bits per heavy atom. The van der Waals surface area contributed by atoms with Crippen molar-refractivity contribution in [3.05, 3.63) is 39.4 Å². The smallest absolute Gasteiger partial charge is 0.341 e. The molecule has 2 aromatic heterocycles. The minimum atomic E-state index is -0.303. The van der Waals surface area contributed by atoms with Crippen LogP contribution in [0.5, 0.6) is 0 Å². The van der Waals surface area contributed by atoms with Gasteiger partial charge in [0.1, 0.15) is 10.8 Å². The lowest BCUT2D eigenvalue weighted by molar-refractivity contribution is 0.0601. The molecule has 2 heterocycles. The maximum Gasteiger partial charge on any atom is 0.341 e. The van der Waals surface area contributed by atoms with Crippen molar-refractivity contribution in [3.8, 4) is 0 Å². The molecule has 1 aliphatic carbocycles. The van der Waals surface area contributed by atoms with Crippen LogP contribution >= 0.6 is 23.6 Å². The summed E-state index contributed by atoms with van der Waals surface area (Å²) < 4.78 is 5.06. The van der Waals surface area contributed by atoms with Crippen molar-refractivity contribution >= 4 is 45.5 Å². The molecule has 0 saturated heterocycles. The minimum Gasteiger partial charge on any atom is -0.465 e. The molecule has 2 N–H and O–H groups in total. The van der Waals surface area contributed by atoms with Crippen molar-refractivity contribution in [2.45, 2.75) is 52.4 Å². The minimum absolute atomic E-state index is 0.303. The zero-order chi connectivity index (χ0) is 19.4. The number of carbonyl (C=O) groups excluding carboxylic acids is 1. The summed E-state index contributed by atoms with van der Waals surface area (Å²) in [6.07, 6.45) is 6.62. The van der Waals surface area contributed by atoms with Gasteiger partial charge < -0.3 is 15.4 Å². The van der Waals surface area contributed by atoms with Gasteiger partial charge in [-0.3, -0.25) is 0 Å². The summed E-state index contributed by atoms with van der Waals surface area (Å²) in [4.78, 5) is 18.2. The number of thiophene rings is 1. The van der Waals surface area contributed by atoms with Gasteiger partial charge in [0.25, 0.3) is 0 Å². The number of carbonyl (C=O) groups is 1. The average molecular weight is 404 g/mol. The first-order valence-corrected chi connectivity index (χ1v) is 10.5. The molecular formula is C20H25N3O2S2. The van der Waals surface area contributed by atoms with Gasteiger partial charge in [-0.25, -0.2) is 9.78 Å². The summed E-state index contributed by atoms with van der Waals surface area (Å²) >= 11 is 7.09. The van der Waals surface area contributed by atoms with Crippen molar-refractivity contribution in [2.24, 2.45) is 0 Å². The highest BCUT2D eigenvalue weighted by molar-refractivity contribution is 7.80. The number of pyridine rings is 1. The van der Waals surface area contributed by atoms with E-state index in [2.05, 4.69) is 15.6 Å². The molecule has 7 heteroatoms. The van der Waals surface area contributed by atoms with Crippen LogP contribution < -0.4 is 10.6 Å². The fraction of sp³-hybridized carbons (Fsp3) is 0.450. The zero-order valence-electron chi connectivity index (χ0n) is 16.0.